The lowest BCUT2D eigenvalue weighted by Gasteiger charge is -2.39. The molecule has 7 rings (SSSR count). The number of nitrogens with zero attached hydrogens (tertiary/aromatic N) is 4. The van der Waals surface area contributed by atoms with Gasteiger partial charge in [-0.15, -0.1) is 0 Å². The van der Waals surface area contributed by atoms with Crippen molar-refractivity contribution in [1.29, 1.82) is 0 Å². The number of rotatable bonds is 9. The van der Waals surface area contributed by atoms with E-state index in [-0.39, 0.29) is 29.1 Å². The van der Waals surface area contributed by atoms with Crippen molar-refractivity contribution in [2.24, 2.45) is 9.98 Å². The number of aromatic nitrogens is 4. The molecule has 0 unspecified atom stereocenters. The van der Waals surface area contributed by atoms with E-state index in [9.17, 15) is 19.2 Å². The summed E-state index contributed by atoms with van der Waals surface area (Å²) >= 11 is 14.4. The third-order valence-electron chi connectivity index (χ3n) is 12.2. The van der Waals surface area contributed by atoms with Crippen molar-refractivity contribution in [2.75, 3.05) is 14.2 Å². The average Bonchev–Trinajstić information content (AvgIpc) is 4.07. The molecule has 12 nitrogen and oxygen atoms in total. The van der Waals surface area contributed by atoms with Crippen molar-refractivity contribution in [3.8, 4) is 0 Å². The summed E-state index contributed by atoms with van der Waals surface area (Å²) in [6, 6.07) is 2.17. The van der Waals surface area contributed by atoms with Crippen LogP contribution in [0.3, 0.4) is 0 Å². The number of esters is 2. The Morgan fingerprint density at radius 1 is 0.803 bits per heavy atom. The third-order valence-corrected chi connectivity index (χ3v) is 12.2. The van der Waals surface area contributed by atoms with Gasteiger partial charge in [-0.05, 0) is 129 Å². The van der Waals surface area contributed by atoms with E-state index in [4.69, 9.17) is 54.3 Å². The van der Waals surface area contributed by atoms with Gasteiger partial charge < -0.3 is 28.6 Å². The molecule has 7 heterocycles. The lowest BCUT2D eigenvalue weighted by molar-refractivity contribution is 0.0580. The lowest BCUT2D eigenvalue weighted by Crippen LogP contribution is -2.44. The lowest BCUT2D eigenvalue weighted by atomic mass is 9.79. The van der Waals surface area contributed by atoms with Gasteiger partial charge in [0.1, 0.15) is 23.0 Å². The van der Waals surface area contributed by atoms with E-state index in [0.717, 1.165) is 85.3 Å². The molecule has 0 aromatic carbocycles. The van der Waals surface area contributed by atoms with Gasteiger partial charge in [-0.3, -0.25) is 14.6 Å². The van der Waals surface area contributed by atoms with Crippen LogP contribution in [0.25, 0.3) is 12.2 Å². The van der Waals surface area contributed by atoms with Crippen LogP contribution in [-0.4, -0.2) is 79.1 Å². The number of nitrogens with one attached hydrogen (secondary N) is 2. The van der Waals surface area contributed by atoms with Gasteiger partial charge in [-0.1, -0.05) is 48.7 Å². The van der Waals surface area contributed by atoms with E-state index in [0.29, 0.717) is 18.3 Å². The Morgan fingerprint density at radius 2 is 1.43 bits per heavy atom. The molecule has 2 atom stereocenters. The Bertz CT molecular complexity index is 2770. The number of ether oxygens (including phenoxy) is 2. The smallest absolute Gasteiger partial charge is 0.354 e. The van der Waals surface area contributed by atoms with Crippen molar-refractivity contribution in [3.05, 3.63) is 125 Å². The number of methoxy groups -OCH3 is 2. The summed E-state index contributed by atoms with van der Waals surface area (Å²) in [5.74, 6) is -1.27. The first kappa shape index (κ1) is 45.1. The minimum absolute atomic E-state index is 0.0356. The Hall–Kier alpha value is -5.43. The fourth-order valence-electron chi connectivity index (χ4n) is 8.77. The topological polar surface area (TPSA) is 153 Å². The zero-order valence-electron chi connectivity index (χ0n) is 35.8. The van der Waals surface area contributed by atoms with Crippen molar-refractivity contribution in [3.63, 3.8) is 0 Å². The molecule has 15 heteroatoms. The minimum atomic E-state index is -1.29. The summed E-state index contributed by atoms with van der Waals surface area (Å²) in [5.41, 5.74) is 11.6. The van der Waals surface area contributed by atoms with Gasteiger partial charge in [0.05, 0.1) is 37.9 Å². The maximum atomic E-state index is 13.7. The Balaban J connectivity index is 0.00000149. The van der Waals surface area contributed by atoms with E-state index in [1.165, 1.54) is 31.9 Å². The summed E-state index contributed by atoms with van der Waals surface area (Å²) in [6.45, 7) is 16.6. The monoisotopic (exact) mass is 886 g/mol. The van der Waals surface area contributed by atoms with Gasteiger partial charge in [0, 0.05) is 45.6 Å². The van der Waals surface area contributed by atoms with E-state index in [1.807, 2.05) is 33.8 Å². The molecule has 0 saturated heterocycles. The summed E-state index contributed by atoms with van der Waals surface area (Å²) < 4.78 is 13.2. The molecule has 8 bridgehead atoms. The number of carbonyl (C=O) groups excluding carboxylic acids is 4. The molecule has 0 saturated carbocycles. The van der Waals surface area contributed by atoms with Crippen molar-refractivity contribution < 1.29 is 28.7 Å². The second-order valence-corrected chi connectivity index (χ2v) is 17.3. The van der Waals surface area contributed by atoms with E-state index < -0.39 is 27.8 Å². The van der Waals surface area contributed by atoms with Crippen LogP contribution in [0.5, 0.6) is 0 Å². The van der Waals surface area contributed by atoms with Crippen LogP contribution >= 0.6 is 34.8 Å². The molecule has 0 fully saturated rings. The second kappa shape index (κ2) is 17.9. The number of aldehydes is 2. The van der Waals surface area contributed by atoms with Crippen LogP contribution in [-0.2, 0) is 22.4 Å². The molecule has 4 aromatic rings. The van der Waals surface area contributed by atoms with Crippen LogP contribution in [0, 0.1) is 20.8 Å². The van der Waals surface area contributed by atoms with Crippen LogP contribution in [0.4, 0.5) is 0 Å². The summed E-state index contributed by atoms with van der Waals surface area (Å²) in [6.07, 6.45) is 12.5. The summed E-state index contributed by atoms with van der Waals surface area (Å²) in [5, 5.41) is 1.96. The molecule has 0 aliphatic carbocycles. The number of H-pyrrole nitrogens is 2. The highest BCUT2D eigenvalue weighted by atomic mass is 35.6. The fourth-order valence-corrected chi connectivity index (χ4v) is 8.77. The number of hydrogen-bond donors (Lipinski definition) is 2. The average molecular weight is 888 g/mol. The summed E-state index contributed by atoms with van der Waals surface area (Å²) in [7, 11) is 2.59. The highest BCUT2D eigenvalue weighted by Gasteiger charge is 2.50. The van der Waals surface area contributed by atoms with Gasteiger partial charge in [-0.25, -0.2) is 14.6 Å². The van der Waals surface area contributed by atoms with Gasteiger partial charge in [0.2, 0.25) is 0 Å². The number of halogens is 3. The molecular weight excluding hydrogens is 839 g/mol. The predicted octanol–water partition coefficient (Wildman–Crippen LogP) is 8.13. The number of hydrogen-bond acceptors (Lipinski definition) is 8. The number of aliphatic imine (C=N–C) groups is 2. The second-order valence-electron chi connectivity index (χ2n) is 15.3. The highest BCUT2D eigenvalue weighted by Crippen LogP contribution is 2.48. The Morgan fingerprint density at radius 3 is 2.03 bits per heavy atom. The molecule has 3 aliphatic rings. The number of allylic oxidation sites excluding steroid dienone is 4. The van der Waals surface area contributed by atoms with Gasteiger partial charge in [0.25, 0.3) is 0 Å². The summed E-state index contributed by atoms with van der Waals surface area (Å²) in [4.78, 5) is 70.0. The van der Waals surface area contributed by atoms with E-state index >= 15 is 0 Å². The first-order chi connectivity index (χ1) is 29.0. The van der Waals surface area contributed by atoms with Crippen molar-refractivity contribution in [1.82, 2.24) is 19.1 Å². The van der Waals surface area contributed by atoms with Crippen molar-refractivity contribution >= 4 is 82.9 Å². The molecular formula is C46H49Cl3N6O6. The first-order valence-electron chi connectivity index (χ1n) is 19.8. The number of alkyl halides is 3. The third kappa shape index (κ3) is 8.09. The molecule has 61 heavy (non-hydrogen) atoms. The van der Waals surface area contributed by atoms with Gasteiger partial charge in [0.15, 0.2) is 16.9 Å². The van der Waals surface area contributed by atoms with E-state index in [1.54, 1.807) is 21.5 Å². The molecule has 0 amide bonds. The molecule has 320 valence electrons. The van der Waals surface area contributed by atoms with Crippen LogP contribution in [0.15, 0.2) is 68.6 Å². The van der Waals surface area contributed by atoms with Crippen LogP contribution < -0.4 is 10.7 Å². The SMILES string of the molecule is CCC1=C(C)/C2=C/C3=N[C@@](Cn4cc(C=O)cc4C(=O)OC)(C(C)=C3C)[C@@H](n3cc(C=O)cc3C(=O)OC)c3[nH]c(c(C)c3C)/C=c3\[nH]/c(c(CC)c3C)=C\C1=N2.ClC(Cl)Cl. The Kier molecular flexibility index (Phi) is 13.2. The number of fused-ring (bicyclic) bond motifs is 6. The molecule has 4 aromatic heterocycles. The van der Waals surface area contributed by atoms with Crippen LogP contribution in [0.2, 0.25) is 0 Å². The van der Waals surface area contributed by atoms with Gasteiger partial charge >= 0.3 is 11.9 Å². The molecule has 0 radical (unpaired) electrons. The maximum Gasteiger partial charge on any atom is 0.354 e. The van der Waals surface area contributed by atoms with Gasteiger partial charge in [-0.2, -0.15) is 0 Å². The minimum Gasteiger partial charge on any atom is -0.464 e. The molecule has 3 aliphatic heterocycles. The largest absolute Gasteiger partial charge is 0.464 e. The normalized spacial score (nSPS) is 20.2. The molecule has 0 spiro atoms. The maximum absolute atomic E-state index is 13.7. The zero-order valence-corrected chi connectivity index (χ0v) is 38.1. The van der Waals surface area contributed by atoms with Crippen LogP contribution in [0.1, 0.15) is 122 Å². The zero-order chi connectivity index (χ0) is 44.7. The standard InChI is InChI=1S/C45H48N6O6.CHCl3/c1-11-31-26(6)34-15-33-23(3)24(4)41(48-33)42(51-19-30(21-53)14-40(51)44(55)57-10)45(22-50-18-29(20-52)13-39(50)43(54)56-9)28(8)25(5)36(49-45)16-35-27(7)32(12-2)38(47-35)17-37(31)46-34;2-1(3)4/h13-21,42,46,48H,11-12,22H2,1-10H3;1H/b34-15-,35-16-,37-17-;/t42-,45-;/m0./s1. The molecule has 2 N–H and O–H groups in total. The Labute approximate surface area is 369 Å². The number of aromatic amines is 2. The quantitative estimate of drug-likeness (QED) is 0.0984. The van der Waals surface area contributed by atoms with Crippen molar-refractivity contribution in [2.45, 2.75) is 90.7 Å². The highest BCUT2D eigenvalue weighted by molar-refractivity contribution is 6.63. The number of carbonyl (C=O) groups is 4. The fraction of sp³-hybridized carbons (Fsp3) is 0.348. The van der Waals surface area contributed by atoms with E-state index in [2.05, 4.69) is 49.8 Å². The predicted molar refractivity (Wildman–Crippen MR) is 241 cm³/mol. The first-order valence-corrected chi connectivity index (χ1v) is 21.1.